The van der Waals surface area contributed by atoms with E-state index < -0.39 is 0 Å². The Morgan fingerprint density at radius 1 is 0.933 bits per heavy atom. The lowest BCUT2D eigenvalue weighted by Crippen LogP contribution is -2.57. The molecule has 0 radical (unpaired) electrons. The van der Waals surface area contributed by atoms with Gasteiger partial charge in [0, 0.05) is 12.3 Å². The molecule has 6 rings (SSSR count). The van der Waals surface area contributed by atoms with Gasteiger partial charge in [-0.2, -0.15) is 0 Å². The summed E-state index contributed by atoms with van der Waals surface area (Å²) in [4.78, 5) is 0. The van der Waals surface area contributed by atoms with E-state index >= 15 is 0 Å². The van der Waals surface area contributed by atoms with Crippen molar-refractivity contribution in [3.05, 3.63) is 12.2 Å². The fourth-order valence-corrected chi connectivity index (χ4v) is 9.92. The first-order valence-corrected chi connectivity index (χ1v) is 12.9. The highest BCUT2D eigenvalue weighted by Gasteiger charge is 2.69. The molecule has 12 atom stereocenters. The van der Waals surface area contributed by atoms with Crippen LogP contribution in [0.5, 0.6) is 0 Å². The fourth-order valence-electron chi connectivity index (χ4n) is 9.92. The maximum absolute atomic E-state index is 11.2. The first-order valence-electron chi connectivity index (χ1n) is 12.9. The normalized spacial score (nSPS) is 62.0. The van der Waals surface area contributed by atoms with Crippen LogP contribution >= 0.6 is 0 Å². The molecule has 1 spiro atoms. The highest BCUT2D eigenvalue weighted by molar-refractivity contribution is 5.17. The van der Waals surface area contributed by atoms with Crippen LogP contribution in [0.15, 0.2) is 12.2 Å². The Morgan fingerprint density at radius 2 is 1.77 bits per heavy atom. The summed E-state index contributed by atoms with van der Waals surface area (Å²) >= 11 is 0. The number of allylic oxidation sites excluding steroid dienone is 2. The van der Waals surface area contributed by atoms with Crippen molar-refractivity contribution in [1.82, 2.24) is 0 Å². The molecule has 5 fully saturated rings. The molecule has 0 bridgehead atoms. The van der Waals surface area contributed by atoms with Crippen LogP contribution in [0.2, 0.25) is 0 Å². The van der Waals surface area contributed by atoms with E-state index in [9.17, 15) is 5.11 Å². The molecular weight excluding hydrogens is 372 g/mol. The van der Waals surface area contributed by atoms with E-state index in [1.165, 1.54) is 25.7 Å². The molecule has 2 aliphatic heterocycles. The van der Waals surface area contributed by atoms with E-state index in [1.54, 1.807) is 0 Å². The molecule has 1 N–H and O–H groups in total. The van der Waals surface area contributed by atoms with Gasteiger partial charge in [0.15, 0.2) is 5.79 Å². The lowest BCUT2D eigenvalue weighted by atomic mass is 9.44. The standard InChI is InChI=1S/C27H42O3/c1-16-8-12-27(29-15-16)17(2)24-23(30-27)14-21-18-13-22(28)20-7-5-6-10-25(20,3)19(18)9-11-26(21,24)4/h5-6,16-24,28H,7-15H2,1-4H3/t16-,17-,18+,19-,20+,21-,22+,23-,24-,25+,26-,27+/m0/s1. The van der Waals surface area contributed by atoms with E-state index in [1.807, 2.05) is 0 Å². The van der Waals surface area contributed by atoms with Gasteiger partial charge in [-0.05, 0) is 91.3 Å². The Kier molecular flexibility index (Phi) is 4.44. The van der Waals surface area contributed by atoms with Gasteiger partial charge in [0.1, 0.15) is 0 Å². The van der Waals surface area contributed by atoms with E-state index in [2.05, 4.69) is 39.8 Å². The lowest BCUT2D eigenvalue weighted by molar-refractivity contribution is -0.273. The number of ether oxygens (including phenoxy) is 2. The van der Waals surface area contributed by atoms with Crippen molar-refractivity contribution in [2.24, 2.45) is 52.3 Å². The second-order valence-electron chi connectivity index (χ2n) is 12.7. The molecule has 2 saturated heterocycles. The molecule has 0 amide bonds. The summed E-state index contributed by atoms with van der Waals surface area (Å²) in [6.07, 6.45) is 14.4. The largest absolute Gasteiger partial charge is 0.393 e. The summed E-state index contributed by atoms with van der Waals surface area (Å²) in [5.74, 6) is 4.04. The zero-order valence-corrected chi connectivity index (χ0v) is 19.5. The van der Waals surface area contributed by atoms with Crippen molar-refractivity contribution in [2.75, 3.05) is 6.61 Å². The number of aliphatic hydroxyl groups is 1. The average Bonchev–Trinajstić information content (AvgIpc) is 3.15. The van der Waals surface area contributed by atoms with E-state index in [0.717, 1.165) is 38.2 Å². The third-order valence-corrected chi connectivity index (χ3v) is 11.5. The molecular formula is C27H42O3. The van der Waals surface area contributed by atoms with Crippen LogP contribution < -0.4 is 0 Å². The molecule has 168 valence electrons. The minimum absolute atomic E-state index is 0.128. The monoisotopic (exact) mass is 414 g/mol. The number of hydrogen-bond acceptors (Lipinski definition) is 3. The first-order chi connectivity index (χ1) is 14.3. The van der Waals surface area contributed by atoms with Crippen LogP contribution in [0.3, 0.4) is 0 Å². The summed E-state index contributed by atoms with van der Waals surface area (Å²) in [5, 5.41) is 11.2. The van der Waals surface area contributed by atoms with Gasteiger partial charge < -0.3 is 14.6 Å². The van der Waals surface area contributed by atoms with Crippen LogP contribution in [-0.2, 0) is 9.47 Å². The van der Waals surface area contributed by atoms with Crippen molar-refractivity contribution < 1.29 is 14.6 Å². The number of hydrogen-bond donors (Lipinski definition) is 1. The van der Waals surface area contributed by atoms with Gasteiger partial charge in [-0.15, -0.1) is 0 Å². The van der Waals surface area contributed by atoms with Crippen molar-refractivity contribution in [3.8, 4) is 0 Å². The molecule has 30 heavy (non-hydrogen) atoms. The predicted octanol–water partition coefficient (Wildman–Crippen LogP) is 5.57. The molecule has 0 aromatic carbocycles. The van der Waals surface area contributed by atoms with Gasteiger partial charge >= 0.3 is 0 Å². The zero-order chi connectivity index (χ0) is 20.9. The van der Waals surface area contributed by atoms with Crippen LogP contribution in [0, 0.1) is 52.3 Å². The molecule has 3 nitrogen and oxygen atoms in total. The topological polar surface area (TPSA) is 38.7 Å². The Hall–Kier alpha value is -0.380. The summed E-state index contributed by atoms with van der Waals surface area (Å²) in [6.45, 7) is 10.7. The summed E-state index contributed by atoms with van der Waals surface area (Å²) < 4.78 is 13.3. The Balaban J connectivity index is 1.29. The second kappa shape index (κ2) is 6.58. The summed E-state index contributed by atoms with van der Waals surface area (Å²) in [6, 6.07) is 0. The van der Waals surface area contributed by atoms with E-state index in [0.29, 0.717) is 47.0 Å². The molecule has 4 aliphatic carbocycles. The lowest BCUT2D eigenvalue weighted by Gasteiger charge is -2.61. The van der Waals surface area contributed by atoms with Crippen molar-refractivity contribution in [3.63, 3.8) is 0 Å². The Labute approximate surface area is 183 Å². The van der Waals surface area contributed by atoms with Gasteiger partial charge in [-0.1, -0.05) is 39.8 Å². The van der Waals surface area contributed by atoms with E-state index in [4.69, 9.17) is 9.47 Å². The first kappa shape index (κ1) is 20.2. The molecule has 0 unspecified atom stereocenters. The van der Waals surface area contributed by atoms with Crippen LogP contribution in [-0.4, -0.2) is 29.7 Å². The number of rotatable bonds is 0. The zero-order valence-electron chi connectivity index (χ0n) is 19.5. The number of fused-ring (bicyclic) bond motifs is 7. The quantitative estimate of drug-likeness (QED) is 0.527. The fraction of sp³-hybridized carbons (Fsp3) is 0.926. The molecule has 0 aromatic rings. The average molecular weight is 415 g/mol. The SMILES string of the molecule is C[C@H]1CC[C@@]2(OC1)O[C@H]1C[C@H]3[C@@H]4C[C@@H](O)[C@H]5CC=CC[C@]5(C)[C@H]4CC[C@]3(C)[C@H]1[C@@H]2C. The molecule has 0 aromatic heterocycles. The second-order valence-corrected chi connectivity index (χ2v) is 12.7. The smallest absolute Gasteiger partial charge is 0.171 e. The highest BCUT2D eigenvalue weighted by Crippen LogP contribution is 2.71. The van der Waals surface area contributed by atoms with Gasteiger partial charge in [-0.25, -0.2) is 0 Å². The van der Waals surface area contributed by atoms with Crippen molar-refractivity contribution in [1.29, 1.82) is 0 Å². The van der Waals surface area contributed by atoms with Gasteiger partial charge in [0.05, 0.1) is 18.8 Å². The van der Waals surface area contributed by atoms with Crippen molar-refractivity contribution in [2.45, 2.75) is 97.1 Å². The summed E-state index contributed by atoms with van der Waals surface area (Å²) in [7, 11) is 0. The van der Waals surface area contributed by atoms with Crippen LogP contribution in [0.4, 0.5) is 0 Å². The minimum Gasteiger partial charge on any atom is -0.393 e. The Bertz CT molecular complexity index is 724. The maximum Gasteiger partial charge on any atom is 0.171 e. The van der Waals surface area contributed by atoms with Gasteiger partial charge in [0.25, 0.3) is 0 Å². The maximum atomic E-state index is 11.2. The molecule has 2 heterocycles. The predicted molar refractivity (Wildman–Crippen MR) is 118 cm³/mol. The van der Waals surface area contributed by atoms with E-state index in [-0.39, 0.29) is 17.3 Å². The third kappa shape index (κ3) is 2.49. The third-order valence-electron chi connectivity index (χ3n) is 11.5. The van der Waals surface area contributed by atoms with Crippen LogP contribution in [0.1, 0.15) is 79.1 Å². The molecule has 3 saturated carbocycles. The number of aliphatic hydroxyl groups excluding tert-OH is 1. The molecule has 3 heteroatoms. The van der Waals surface area contributed by atoms with Crippen molar-refractivity contribution >= 4 is 0 Å². The minimum atomic E-state index is -0.315. The summed E-state index contributed by atoms with van der Waals surface area (Å²) in [5.41, 5.74) is 0.626. The highest BCUT2D eigenvalue weighted by atomic mass is 16.7. The van der Waals surface area contributed by atoms with Crippen LogP contribution in [0.25, 0.3) is 0 Å². The van der Waals surface area contributed by atoms with Gasteiger partial charge in [0.2, 0.25) is 0 Å². The Morgan fingerprint density at radius 3 is 2.53 bits per heavy atom. The molecule has 6 aliphatic rings. The van der Waals surface area contributed by atoms with Gasteiger partial charge in [-0.3, -0.25) is 0 Å².